The van der Waals surface area contributed by atoms with E-state index in [4.69, 9.17) is 11.6 Å². The van der Waals surface area contributed by atoms with Crippen LogP contribution in [0.2, 0.25) is 5.02 Å². The highest BCUT2D eigenvalue weighted by atomic mass is 35.5. The zero-order chi connectivity index (χ0) is 18.6. The number of rotatable bonds is 6. The number of thioether (sulfide) groups is 1. The van der Waals surface area contributed by atoms with Crippen LogP contribution in [-0.4, -0.2) is 10.9 Å². The lowest BCUT2D eigenvalue weighted by atomic mass is 9.88. The first kappa shape index (κ1) is 18.9. The van der Waals surface area contributed by atoms with Gasteiger partial charge in [-0.2, -0.15) is 11.8 Å². The lowest BCUT2D eigenvalue weighted by Crippen LogP contribution is -2.30. The molecule has 3 rings (SSSR count). The smallest absolute Gasteiger partial charge is 0.124 e. The Labute approximate surface area is 160 Å². The van der Waals surface area contributed by atoms with Crippen molar-refractivity contribution in [3.8, 4) is 0 Å². The molecule has 3 aromatic carbocycles. The summed E-state index contributed by atoms with van der Waals surface area (Å²) in [6, 6.07) is 19.0. The van der Waals surface area contributed by atoms with Crippen LogP contribution < -0.4 is 0 Å². The molecule has 0 bridgehead atoms. The molecular formula is C21H17ClF2OS. The Bertz CT molecular complexity index is 803. The van der Waals surface area contributed by atoms with Crippen LogP contribution >= 0.6 is 23.4 Å². The maximum absolute atomic E-state index is 13.3. The van der Waals surface area contributed by atoms with E-state index in [1.165, 1.54) is 36.0 Å². The van der Waals surface area contributed by atoms with E-state index in [1.54, 1.807) is 24.3 Å². The number of hydrogen-bond donors (Lipinski definition) is 1. The summed E-state index contributed by atoms with van der Waals surface area (Å²) in [7, 11) is 0. The molecule has 5 heteroatoms. The highest BCUT2D eigenvalue weighted by Crippen LogP contribution is 2.34. The number of aliphatic hydroxyl groups is 1. The van der Waals surface area contributed by atoms with Gasteiger partial charge in [0.15, 0.2) is 0 Å². The third-order valence-electron chi connectivity index (χ3n) is 4.14. The minimum atomic E-state index is -1.35. The highest BCUT2D eigenvalue weighted by molar-refractivity contribution is 7.98. The third kappa shape index (κ3) is 4.44. The Morgan fingerprint density at radius 1 is 0.769 bits per heavy atom. The summed E-state index contributed by atoms with van der Waals surface area (Å²) in [6.45, 7) is 0. The summed E-state index contributed by atoms with van der Waals surface area (Å²) in [5.74, 6) is 0.280. The topological polar surface area (TPSA) is 20.2 Å². The minimum Gasteiger partial charge on any atom is -0.380 e. The SMILES string of the molecule is OC(CSCc1ccc(Cl)cc1)(c1ccc(F)cc1)c1ccc(F)cc1. The van der Waals surface area contributed by atoms with Gasteiger partial charge in [-0.15, -0.1) is 0 Å². The van der Waals surface area contributed by atoms with Gasteiger partial charge in [-0.1, -0.05) is 48.0 Å². The summed E-state index contributed by atoms with van der Waals surface area (Å²) in [6.07, 6.45) is 0. The summed E-state index contributed by atoms with van der Waals surface area (Å²) < 4.78 is 26.6. The summed E-state index contributed by atoms with van der Waals surface area (Å²) >= 11 is 7.43. The molecule has 0 saturated heterocycles. The Kier molecular flexibility index (Phi) is 5.97. The average molecular weight is 391 g/mol. The van der Waals surface area contributed by atoms with Crippen LogP contribution in [0.1, 0.15) is 16.7 Å². The van der Waals surface area contributed by atoms with E-state index in [1.807, 2.05) is 24.3 Å². The Hall–Kier alpha value is -1.88. The summed E-state index contributed by atoms with van der Waals surface area (Å²) in [5.41, 5.74) is 0.863. The van der Waals surface area contributed by atoms with Gasteiger partial charge in [0.2, 0.25) is 0 Å². The zero-order valence-corrected chi connectivity index (χ0v) is 15.4. The molecule has 1 nitrogen and oxygen atoms in total. The van der Waals surface area contributed by atoms with E-state index in [0.717, 1.165) is 5.56 Å². The molecule has 0 unspecified atom stereocenters. The number of halogens is 3. The third-order valence-corrected chi connectivity index (χ3v) is 5.55. The first-order valence-corrected chi connectivity index (χ1v) is 9.57. The molecule has 0 amide bonds. The Morgan fingerprint density at radius 3 is 1.69 bits per heavy atom. The maximum atomic E-state index is 13.3. The van der Waals surface area contributed by atoms with Crippen molar-refractivity contribution in [2.75, 3.05) is 5.75 Å². The normalized spacial score (nSPS) is 11.5. The number of hydrogen-bond acceptors (Lipinski definition) is 2. The molecule has 0 heterocycles. The van der Waals surface area contributed by atoms with Crippen molar-refractivity contribution in [1.82, 2.24) is 0 Å². The Morgan fingerprint density at radius 2 is 1.23 bits per heavy atom. The van der Waals surface area contributed by atoms with Crippen molar-refractivity contribution in [3.05, 3.63) is 106 Å². The van der Waals surface area contributed by atoms with Gasteiger partial charge in [-0.3, -0.25) is 0 Å². The van der Waals surface area contributed by atoms with Crippen molar-refractivity contribution in [2.45, 2.75) is 11.4 Å². The van der Waals surface area contributed by atoms with Crippen LogP contribution in [0.5, 0.6) is 0 Å². The standard InChI is InChI=1S/C21H17ClF2OS/c22-18-7-1-15(2-8-18)13-26-14-21(25,16-3-9-19(23)10-4-16)17-5-11-20(24)12-6-17/h1-12,25H,13-14H2. The fourth-order valence-corrected chi connectivity index (χ4v) is 3.97. The maximum Gasteiger partial charge on any atom is 0.124 e. The molecule has 0 aliphatic carbocycles. The lowest BCUT2D eigenvalue weighted by molar-refractivity contribution is 0.107. The quantitative estimate of drug-likeness (QED) is 0.575. The van der Waals surface area contributed by atoms with Crippen molar-refractivity contribution < 1.29 is 13.9 Å². The van der Waals surface area contributed by atoms with Crippen LogP contribution in [0.4, 0.5) is 8.78 Å². The molecule has 0 aliphatic rings. The average Bonchev–Trinajstić information content (AvgIpc) is 2.64. The van der Waals surface area contributed by atoms with Crippen LogP contribution in [0.25, 0.3) is 0 Å². The fourth-order valence-electron chi connectivity index (χ4n) is 2.68. The highest BCUT2D eigenvalue weighted by Gasteiger charge is 2.31. The van der Waals surface area contributed by atoms with Crippen molar-refractivity contribution in [3.63, 3.8) is 0 Å². The van der Waals surface area contributed by atoms with Crippen LogP contribution in [0.3, 0.4) is 0 Å². The predicted molar refractivity (Wildman–Crippen MR) is 103 cm³/mol. The summed E-state index contributed by atoms with van der Waals surface area (Å²) in [5, 5.41) is 12.0. The van der Waals surface area contributed by atoms with Gasteiger partial charge >= 0.3 is 0 Å². The molecule has 3 aromatic rings. The van der Waals surface area contributed by atoms with Gasteiger partial charge in [-0.25, -0.2) is 8.78 Å². The molecule has 134 valence electrons. The molecule has 1 N–H and O–H groups in total. The Balaban J connectivity index is 1.83. The van der Waals surface area contributed by atoms with E-state index in [9.17, 15) is 13.9 Å². The van der Waals surface area contributed by atoms with Crippen molar-refractivity contribution >= 4 is 23.4 Å². The van der Waals surface area contributed by atoms with E-state index in [-0.39, 0.29) is 11.6 Å². The summed E-state index contributed by atoms with van der Waals surface area (Å²) in [4.78, 5) is 0. The van der Waals surface area contributed by atoms with E-state index in [0.29, 0.717) is 27.7 Å². The second kappa shape index (κ2) is 8.21. The van der Waals surface area contributed by atoms with Gasteiger partial charge in [0.1, 0.15) is 17.2 Å². The van der Waals surface area contributed by atoms with E-state index >= 15 is 0 Å². The van der Waals surface area contributed by atoms with E-state index < -0.39 is 5.60 Å². The van der Waals surface area contributed by atoms with Gasteiger partial charge in [0.05, 0.1) is 0 Å². The second-order valence-electron chi connectivity index (χ2n) is 5.99. The second-order valence-corrected chi connectivity index (χ2v) is 7.42. The first-order chi connectivity index (χ1) is 12.5. The molecule has 26 heavy (non-hydrogen) atoms. The molecule has 0 spiro atoms. The molecule has 0 atom stereocenters. The fraction of sp³-hybridized carbons (Fsp3) is 0.143. The van der Waals surface area contributed by atoms with Gasteiger partial charge in [0, 0.05) is 16.5 Å². The number of benzene rings is 3. The zero-order valence-electron chi connectivity index (χ0n) is 13.8. The van der Waals surface area contributed by atoms with Crippen LogP contribution in [0.15, 0.2) is 72.8 Å². The molecule has 0 aromatic heterocycles. The monoisotopic (exact) mass is 390 g/mol. The van der Waals surface area contributed by atoms with Crippen LogP contribution in [0, 0.1) is 11.6 Å². The van der Waals surface area contributed by atoms with Gasteiger partial charge in [-0.05, 0) is 53.1 Å². The van der Waals surface area contributed by atoms with Crippen molar-refractivity contribution in [1.29, 1.82) is 0 Å². The van der Waals surface area contributed by atoms with Crippen molar-refractivity contribution in [2.24, 2.45) is 0 Å². The molecule has 0 saturated carbocycles. The molecule has 0 fully saturated rings. The largest absolute Gasteiger partial charge is 0.380 e. The lowest BCUT2D eigenvalue weighted by Gasteiger charge is -2.29. The van der Waals surface area contributed by atoms with Gasteiger partial charge < -0.3 is 5.11 Å². The van der Waals surface area contributed by atoms with Gasteiger partial charge in [0.25, 0.3) is 0 Å². The molecular weight excluding hydrogens is 374 g/mol. The predicted octanol–water partition coefficient (Wildman–Crippen LogP) is 5.79. The van der Waals surface area contributed by atoms with E-state index in [2.05, 4.69) is 0 Å². The molecule has 0 aliphatic heterocycles. The molecule has 0 radical (unpaired) electrons. The van der Waals surface area contributed by atoms with Crippen LogP contribution in [-0.2, 0) is 11.4 Å². The first-order valence-electron chi connectivity index (χ1n) is 8.04. The minimum absolute atomic E-state index is 0.340.